The highest BCUT2D eigenvalue weighted by Crippen LogP contribution is 2.34. The summed E-state index contributed by atoms with van der Waals surface area (Å²) in [5, 5.41) is 1.87. The Morgan fingerprint density at radius 2 is 1.80 bits per heavy atom. The van der Waals surface area contributed by atoms with Crippen molar-refractivity contribution in [1.29, 1.82) is 0 Å². The Bertz CT molecular complexity index is 1310. The SMILES string of the molecule is O=c1c2ccccc2nc(SCc2ccc3c(c2)OCO3)n1Cc1ccccc1Cl. The molecule has 4 aromatic rings. The molecule has 0 saturated carbocycles. The van der Waals surface area contributed by atoms with Crippen LogP contribution in [0.1, 0.15) is 11.1 Å². The number of nitrogens with zero attached hydrogens (tertiary/aromatic N) is 2. The Morgan fingerprint density at radius 1 is 1.00 bits per heavy atom. The van der Waals surface area contributed by atoms with Crippen molar-refractivity contribution in [3.63, 3.8) is 0 Å². The van der Waals surface area contributed by atoms with Crippen LogP contribution >= 0.6 is 23.4 Å². The Hall–Kier alpha value is -2.96. The lowest BCUT2D eigenvalue weighted by Crippen LogP contribution is -2.24. The number of thioether (sulfide) groups is 1. The molecule has 30 heavy (non-hydrogen) atoms. The van der Waals surface area contributed by atoms with Gasteiger partial charge in [-0.05, 0) is 41.5 Å². The number of benzene rings is 3. The standard InChI is InChI=1S/C23H17ClN2O3S/c24-18-7-3-1-5-16(18)12-26-22(27)17-6-2-4-8-19(17)25-23(26)30-13-15-9-10-20-21(11-15)29-14-28-20/h1-11H,12-14H2. The van der Waals surface area contributed by atoms with Gasteiger partial charge in [0.25, 0.3) is 5.56 Å². The molecule has 0 N–H and O–H groups in total. The maximum atomic E-state index is 13.3. The largest absolute Gasteiger partial charge is 0.454 e. The lowest BCUT2D eigenvalue weighted by molar-refractivity contribution is 0.174. The second-order valence-electron chi connectivity index (χ2n) is 6.87. The van der Waals surface area contributed by atoms with Crippen LogP contribution in [0.15, 0.2) is 76.7 Å². The van der Waals surface area contributed by atoms with Gasteiger partial charge in [-0.25, -0.2) is 4.98 Å². The number of halogens is 1. The molecule has 2 heterocycles. The fourth-order valence-electron chi connectivity index (χ4n) is 3.37. The molecule has 5 rings (SSSR count). The molecule has 0 spiro atoms. The molecule has 1 aliphatic heterocycles. The van der Waals surface area contributed by atoms with Crippen molar-refractivity contribution in [3.8, 4) is 11.5 Å². The first-order valence-electron chi connectivity index (χ1n) is 9.43. The van der Waals surface area contributed by atoms with Crippen LogP contribution in [0.25, 0.3) is 10.9 Å². The first-order valence-corrected chi connectivity index (χ1v) is 10.8. The van der Waals surface area contributed by atoms with Crippen LogP contribution in [0.3, 0.4) is 0 Å². The summed E-state index contributed by atoms with van der Waals surface area (Å²) in [6.07, 6.45) is 0. The van der Waals surface area contributed by atoms with Crippen LogP contribution in [0.5, 0.6) is 11.5 Å². The second kappa shape index (κ2) is 8.05. The van der Waals surface area contributed by atoms with E-state index in [1.807, 2.05) is 60.7 Å². The van der Waals surface area contributed by atoms with Crippen molar-refractivity contribution in [3.05, 3.63) is 93.2 Å². The third kappa shape index (κ3) is 3.64. The smallest absolute Gasteiger partial charge is 0.262 e. The van der Waals surface area contributed by atoms with Gasteiger partial charge in [0.15, 0.2) is 16.7 Å². The van der Waals surface area contributed by atoms with Gasteiger partial charge >= 0.3 is 0 Å². The van der Waals surface area contributed by atoms with E-state index in [1.54, 1.807) is 10.6 Å². The molecule has 0 bridgehead atoms. The molecular weight excluding hydrogens is 420 g/mol. The quantitative estimate of drug-likeness (QED) is 0.321. The minimum atomic E-state index is -0.0753. The summed E-state index contributed by atoms with van der Waals surface area (Å²) in [5.41, 5.74) is 2.55. The molecule has 7 heteroatoms. The van der Waals surface area contributed by atoms with E-state index >= 15 is 0 Å². The third-order valence-corrected chi connectivity index (χ3v) is 6.33. The molecule has 150 valence electrons. The molecule has 0 amide bonds. The summed E-state index contributed by atoms with van der Waals surface area (Å²) in [6, 6.07) is 20.8. The van der Waals surface area contributed by atoms with E-state index < -0.39 is 0 Å². The van der Waals surface area contributed by atoms with Crippen LogP contribution in [0, 0.1) is 0 Å². The zero-order valence-electron chi connectivity index (χ0n) is 15.9. The maximum absolute atomic E-state index is 13.3. The fourth-order valence-corrected chi connectivity index (χ4v) is 4.51. The van der Waals surface area contributed by atoms with E-state index in [9.17, 15) is 4.79 Å². The topological polar surface area (TPSA) is 53.4 Å². The van der Waals surface area contributed by atoms with Crippen LogP contribution < -0.4 is 15.0 Å². The van der Waals surface area contributed by atoms with Crippen molar-refractivity contribution < 1.29 is 9.47 Å². The Kier molecular flexibility index (Phi) is 5.11. The maximum Gasteiger partial charge on any atom is 0.262 e. The molecule has 3 aromatic carbocycles. The molecule has 1 aliphatic rings. The third-order valence-electron chi connectivity index (χ3n) is 4.92. The Labute approximate surface area is 182 Å². The number of hydrogen-bond donors (Lipinski definition) is 0. The Morgan fingerprint density at radius 3 is 2.70 bits per heavy atom. The Balaban J connectivity index is 1.52. The van der Waals surface area contributed by atoms with Crippen LogP contribution in [0.2, 0.25) is 5.02 Å². The van der Waals surface area contributed by atoms with Gasteiger partial charge in [-0.15, -0.1) is 0 Å². The zero-order valence-corrected chi connectivity index (χ0v) is 17.4. The summed E-state index contributed by atoms with van der Waals surface area (Å²) in [6.45, 7) is 0.606. The highest BCUT2D eigenvalue weighted by molar-refractivity contribution is 7.98. The summed E-state index contributed by atoms with van der Waals surface area (Å²) in [5.74, 6) is 2.14. The molecule has 0 saturated heterocycles. The summed E-state index contributed by atoms with van der Waals surface area (Å²) < 4.78 is 12.5. The van der Waals surface area contributed by atoms with Crippen molar-refractivity contribution in [1.82, 2.24) is 9.55 Å². The van der Waals surface area contributed by atoms with E-state index in [0.717, 1.165) is 22.6 Å². The van der Waals surface area contributed by atoms with Crippen LogP contribution in [0.4, 0.5) is 0 Å². The predicted molar refractivity (Wildman–Crippen MR) is 119 cm³/mol. The summed E-state index contributed by atoms with van der Waals surface area (Å²) in [4.78, 5) is 18.0. The number of hydrogen-bond acceptors (Lipinski definition) is 5. The van der Waals surface area contributed by atoms with Crippen molar-refractivity contribution in [2.75, 3.05) is 6.79 Å². The molecule has 0 unspecified atom stereocenters. The first kappa shape index (κ1) is 19.0. The van der Waals surface area contributed by atoms with E-state index in [1.165, 1.54) is 11.8 Å². The summed E-state index contributed by atoms with van der Waals surface area (Å²) in [7, 11) is 0. The van der Waals surface area contributed by atoms with Gasteiger partial charge in [-0.3, -0.25) is 9.36 Å². The van der Waals surface area contributed by atoms with Crippen LogP contribution in [-0.4, -0.2) is 16.3 Å². The van der Waals surface area contributed by atoms with Gasteiger partial charge in [-0.1, -0.05) is 59.8 Å². The second-order valence-corrected chi connectivity index (χ2v) is 8.22. The fraction of sp³-hybridized carbons (Fsp3) is 0.130. The molecule has 1 aromatic heterocycles. The van der Waals surface area contributed by atoms with Gasteiger partial charge in [0, 0.05) is 10.8 Å². The minimum Gasteiger partial charge on any atom is -0.454 e. The van der Waals surface area contributed by atoms with Crippen LogP contribution in [-0.2, 0) is 12.3 Å². The lowest BCUT2D eigenvalue weighted by atomic mass is 10.2. The average molecular weight is 437 g/mol. The van der Waals surface area contributed by atoms with E-state index in [0.29, 0.717) is 33.4 Å². The summed E-state index contributed by atoms with van der Waals surface area (Å²) >= 11 is 7.87. The average Bonchev–Trinajstić information content (AvgIpc) is 3.24. The van der Waals surface area contributed by atoms with Gasteiger partial charge in [0.05, 0.1) is 17.4 Å². The molecule has 0 radical (unpaired) electrons. The zero-order chi connectivity index (χ0) is 20.5. The minimum absolute atomic E-state index is 0.0753. The molecule has 5 nitrogen and oxygen atoms in total. The van der Waals surface area contributed by atoms with Gasteiger partial charge in [0.1, 0.15) is 0 Å². The number of rotatable bonds is 5. The predicted octanol–water partition coefficient (Wildman–Crippen LogP) is 5.12. The molecular formula is C23H17ClN2O3S. The normalized spacial score (nSPS) is 12.4. The first-order chi connectivity index (χ1) is 14.7. The van der Waals surface area contributed by atoms with Gasteiger partial charge in [-0.2, -0.15) is 0 Å². The highest BCUT2D eigenvalue weighted by Gasteiger charge is 2.16. The van der Waals surface area contributed by atoms with Crippen molar-refractivity contribution in [2.45, 2.75) is 17.5 Å². The van der Waals surface area contributed by atoms with E-state index in [2.05, 4.69) is 0 Å². The number of fused-ring (bicyclic) bond motifs is 2. The molecule has 0 fully saturated rings. The van der Waals surface area contributed by atoms with Gasteiger partial charge in [0.2, 0.25) is 6.79 Å². The van der Waals surface area contributed by atoms with E-state index in [4.69, 9.17) is 26.1 Å². The highest BCUT2D eigenvalue weighted by atomic mass is 35.5. The molecule has 0 atom stereocenters. The van der Waals surface area contributed by atoms with E-state index in [-0.39, 0.29) is 12.4 Å². The monoisotopic (exact) mass is 436 g/mol. The van der Waals surface area contributed by atoms with Crippen molar-refractivity contribution >= 4 is 34.3 Å². The lowest BCUT2D eigenvalue weighted by Gasteiger charge is -2.14. The number of para-hydroxylation sites is 1. The van der Waals surface area contributed by atoms with Crippen molar-refractivity contribution in [2.24, 2.45) is 0 Å². The number of ether oxygens (including phenoxy) is 2. The molecule has 0 aliphatic carbocycles. The van der Waals surface area contributed by atoms with Gasteiger partial charge < -0.3 is 9.47 Å². The number of aromatic nitrogens is 2.